The summed E-state index contributed by atoms with van der Waals surface area (Å²) >= 11 is 0. The van der Waals surface area contributed by atoms with Crippen LogP contribution in [-0.2, 0) is 14.6 Å². The van der Waals surface area contributed by atoms with Crippen molar-refractivity contribution in [1.82, 2.24) is 5.32 Å². The second-order valence-electron chi connectivity index (χ2n) is 5.03. The minimum absolute atomic E-state index is 0.00797. The Morgan fingerprint density at radius 1 is 1.32 bits per heavy atom. The summed E-state index contributed by atoms with van der Waals surface area (Å²) in [7, 11) is -3.10. The lowest BCUT2D eigenvalue weighted by Crippen LogP contribution is -2.28. The van der Waals surface area contributed by atoms with E-state index in [0.29, 0.717) is 0 Å². The lowest BCUT2D eigenvalue weighted by Gasteiger charge is -2.17. The van der Waals surface area contributed by atoms with Gasteiger partial charge in [0.25, 0.3) is 0 Å². The second-order valence-corrected chi connectivity index (χ2v) is 7.29. The van der Waals surface area contributed by atoms with Crippen molar-refractivity contribution in [3.05, 3.63) is 34.9 Å². The van der Waals surface area contributed by atoms with Crippen molar-refractivity contribution in [1.29, 1.82) is 0 Å². The van der Waals surface area contributed by atoms with Crippen molar-refractivity contribution in [3.63, 3.8) is 0 Å². The number of hydrogen-bond donors (Lipinski definition) is 1. The molecule has 0 radical (unpaired) electrons. The molecule has 1 amide bonds. The lowest BCUT2D eigenvalue weighted by molar-refractivity contribution is -0.121. The van der Waals surface area contributed by atoms with E-state index in [2.05, 4.69) is 5.32 Å². The van der Waals surface area contributed by atoms with Crippen LogP contribution in [0, 0.1) is 13.8 Å². The molecule has 1 rings (SSSR count). The van der Waals surface area contributed by atoms with Crippen molar-refractivity contribution < 1.29 is 13.2 Å². The van der Waals surface area contributed by atoms with Crippen LogP contribution in [-0.4, -0.2) is 26.3 Å². The van der Waals surface area contributed by atoms with Gasteiger partial charge in [0.1, 0.15) is 9.84 Å². The summed E-state index contributed by atoms with van der Waals surface area (Å²) in [6, 6.07) is 5.96. The Labute approximate surface area is 115 Å². The first-order valence-electron chi connectivity index (χ1n) is 6.23. The topological polar surface area (TPSA) is 63.2 Å². The minimum Gasteiger partial charge on any atom is -0.350 e. The van der Waals surface area contributed by atoms with Crippen molar-refractivity contribution in [2.24, 2.45) is 0 Å². The fourth-order valence-corrected chi connectivity index (χ4v) is 2.45. The zero-order valence-corrected chi connectivity index (χ0v) is 12.7. The van der Waals surface area contributed by atoms with Crippen LogP contribution in [0.3, 0.4) is 0 Å². The van der Waals surface area contributed by atoms with Crippen LogP contribution in [0.25, 0.3) is 0 Å². The van der Waals surface area contributed by atoms with Gasteiger partial charge in [0.2, 0.25) is 5.91 Å². The predicted octanol–water partition coefficient (Wildman–Crippen LogP) is 1.92. The van der Waals surface area contributed by atoms with Crippen LogP contribution < -0.4 is 5.32 Å². The van der Waals surface area contributed by atoms with Crippen LogP contribution in [0.1, 0.15) is 36.1 Å². The minimum atomic E-state index is -3.10. The molecule has 5 heteroatoms. The van der Waals surface area contributed by atoms with Gasteiger partial charge in [-0.1, -0.05) is 23.8 Å². The Balaban J connectivity index is 2.66. The van der Waals surface area contributed by atoms with Crippen molar-refractivity contribution in [3.8, 4) is 0 Å². The zero-order chi connectivity index (χ0) is 14.6. The molecule has 4 nitrogen and oxygen atoms in total. The van der Waals surface area contributed by atoms with Gasteiger partial charge in [0.15, 0.2) is 0 Å². The van der Waals surface area contributed by atoms with Gasteiger partial charge in [0.05, 0.1) is 11.8 Å². The van der Waals surface area contributed by atoms with E-state index in [1.807, 2.05) is 39.0 Å². The van der Waals surface area contributed by atoms with E-state index in [1.165, 1.54) is 0 Å². The molecular weight excluding hydrogens is 262 g/mol. The third kappa shape index (κ3) is 5.42. The molecule has 0 fully saturated rings. The molecule has 0 aliphatic carbocycles. The average Bonchev–Trinajstić information content (AvgIpc) is 2.28. The first-order valence-corrected chi connectivity index (χ1v) is 8.29. The van der Waals surface area contributed by atoms with Crippen LogP contribution in [0.5, 0.6) is 0 Å². The largest absolute Gasteiger partial charge is 0.350 e. The van der Waals surface area contributed by atoms with E-state index in [1.54, 1.807) is 0 Å². The lowest BCUT2D eigenvalue weighted by atomic mass is 10.00. The fraction of sp³-hybridized carbons (Fsp3) is 0.500. The number of rotatable bonds is 5. The number of hydrogen-bond acceptors (Lipinski definition) is 3. The highest BCUT2D eigenvalue weighted by Gasteiger charge is 2.13. The highest BCUT2D eigenvalue weighted by atomic mass is 32.2. The second kappa shape index (κ2) is 6.19. The van der Waals surface area contributed by atoms with E-state index in [4.69, 9.17) is 0 Å². The van der Waals surface area contributed by atoms with Crippen LogP contribution >= 0.6 is 0 Å². The van der Waals surface area contributed by atoms with Gasteiger partial charge in [-0.25, -0.2) is 8.42 Å². The molecule has 0 saturated carbocycles. The molecule has 0 aliphatic heterocycles. The molecule has 0 aliphatic rings. The van der Waals surface area contributed by atoms with E-state index < -0.39 is 9.84 Å². The summed E-state index contributed by atoms with van der Waals surface area (Å²) < 4.78 is 22.0. The molecule has 1 atom stereocenters. The van der Waals surface area contributed by atoms with Crippen LogP contribution in [0.2, 0.25) is 0 Å². The molecule has 0 heterocycles. The maximum Gasteiger partial charge on any atom is 0.221 e. The zero-order valence-electron chi connectivity index (χ0n) is 11.9. The standard InChI is InChI=1S/C14H21NO3S/c1-10-5-6-11(2)13(9-10)12(3)15-14(16)7-8-19(4,17)18/h5-6,9,12H,7-8H2,1-4H3,(H,15,16). The first kappa shape index (κ1) is 15.7. The van der Waals surface area contributed by atoms with Crippen molar-refractivity contribution in [2.45, 2.75) is 33.2 Å². The number of nitrogens with one attached hydrogen (secondary N) is 1. The Bertz CT molecular complexity index is 564. The number of carbonyl (C=O) groups excluding carboxylic acids is 1. The predicted molar refractivity (Wildman–Crippen MR) is 76.8 cm³/mol. The third-order valence-electron chi connectivity index (χ3n) is 2.98. The number of benzene rings is 1. The van der Waals surface area contributed by atoms with Gasteiger partial charge in [0, 0.05) is 12.7 Å². The summed E-state index contributed by atoms with van der Waals surface area (Å²) in [5.74, 6) is -0.350. The molecule has 106 valence electrons. The Morgan fingerprint density at radius 3 is 2.53 bits per heavy atom. The summed E-state index contributed by atoms with van der Waals surface area (Å²) in [5, 5.41) is 2.83. The molecule has 0 bridgehead atoms. The summed E-state index contributed by atoms with van der Waals surface area (Å²) in [6.07, 6.45) is 1.14. The average molecular weight is 283 g/mol. The van der Waals surface area contributed by atoms with Crippen LogP contribution in [0.15, 0.2) is 18.2 Å². The molecule has 1 aromatic rings. The Hall–Kier alpha value is -1.36. The molecule has 1 aromatic carbocycles. The molecule has 0 saturated heterocycles. The van der Waals surface area contributed by atoms with Gasteiger partial charge >= 0.3 is 0 Å². The number of sulfone groups is 1. The highest BCUT2D eigenvalue weighted by molar-refractivity contribution is 7.90. The maximum atomic E-state index is 11.7. The van der Waals surface area contributed by atoms with Gasteiger partial charge in [-0.3, -0.25) is 4.79 Å². The highest BCUT2D eigenvalue weighted by Crippen LogP contribution is 2.18. The Morgan fingerprint density at radius 2 is 1.95 bits per heavy atom. The monoisotopic (exact) mass is 283 g/mol. The van der Waals surface area contributed by atoms with Gasteiger partial charge in [-0.2, -0.15) is 0 Å². The normalized spacial score (nSPS) is 13.1. The molecule has 19 heavy (non-hydrogen) atoms. The maximum absolute atomic E-state index is 11.7. The van der Waals surface area contributed by atoms with Crippen LogP contribution in [0.4, 0.5) is 0 Å². The quantitative estimate of drug-likeness (QED) is 0.898. The van der Waals surface area contributed by atoms with Gasteiger partial charge in [-0.15, -0.1) is 0 Å². The molecule has 0 spiro atoms. The smallest absolute Gasteiger partial charge is 0.221 e. The summed E-state index contributed by atoms with van der Waals surface area (Å²) in [5.41, 5.74) is 3.31. The van der Waals surface area contributed by atoms with E-state index in [0.717, 1.165) is 22.9 Å². The van der Waals surface area contributed by atoms with Gasteiger partial charge in [-0.05, 0) is 31.9 Å². The van der Waals surface area contributed by atoms with E-state index >= 15 is 0 Å². The molecule has 1 unspecified atom stereocenters. The van der Waals surface area contributed by atoms with E-state index in [9.17, 15) is 13.2 Å². The van der Waals surface area contributed by atoms with E-state index in [-0.39, 0.29) is 24.1 Å². The fourth-order valence-electron chi connectivity index (χ4n) is 1.90. The summed E-state index contributed by atoms with van der Waals surface area (Å²) in [4.78, 5) is 11.7. The number of carbonyl (C=O) groups is 1. The van der Waals surface area contributed by atoms with Crippen molar-refractivity contribution >= 4 is 15.7 Å². The third-order valence-corrected chi connectivity index (χ3v) is 3.92. The first-order chi connectivity index (χ1) is 8.69. The SMILES string of the molecule is Cc1ccc(C)c(C(C)NC(=O)CCS(C)(=O)=O)c1. The summed E-state index contributed by atoms with van der Waals surface area (Å²) in [6.45, 7) is 5.90. The Kier molecular flexibility index (Phi) is 5.11. The number of aryl methyl sites for hydroxylation is 2. The van der Waals surface area contributed by atoms with Crippen molar-refractivity contribution in [2.75, 3.05) is 12.0 Å². The van der Waals surface area contributed by atoms with Gasteiger partial charge < -0.3 is 5.32 Å². The number of amides is 1. The molecular formula is C14H21NO3S. The molecule has 1 N–H and O–H groups in total. The molecule has 0 aromatic heterocycles.